The summed E-state index contributed by atoms with van der Waals surface area (Å²) < 4.78 is 9.75. The number of ether oxygens (including phenoxy) is 2. The van der Waals surface area contributed by atoms with Gasteiger partial charge in [0.1, 0.15) is 0 Å². The molecule has 4 nitrogen and oxygen atoms in total. The Bertz CT molecular complexity index is 330. The van der Waals surface area contributed by atoms with Gasteiger partial charge in [0.2, 0.25) is 0 Å². The molecule has 1 aromatic rings. The molecule has 6 heteroatoms. The van der Waals surface area contributed by atoms with Crippen LogP contribution in [-0.2, 0) is 5.88 Å². The summed E-state index contributed by atoms with van der Waals surface area (Å²) in [5.74, 6) is 0.761. The van der Waals surface area contributed by atoms with Crippen LogP contribution in [0.1, 0.15) is 5.56 Å². The molecule has 1 aromatic carbocycles. The molecule has 84 valence electrons. The Kier molecular flexibility index (Phi) is 4.98. The highest BCUT2D eigenvalue weighted by Gasteiger charge is 2.10. The van der Waals surface area contributed by atoms with Gasteiger partial charge in [0.05, 0.1) is 0 Å². The topological polar surface area (TPSA) is 58.9 Å². The smallest absolute Gasteiger partial charge is 0.186 e. The quantitative estimate of drug-likeness (QED) is 0.619. The Morgan fingerprint density at radius 3 is 2.07 bits per heavy atom. The van der Waals surface area contributed by atoms with Gasteiger partial charge in [-0.05, 0) is 11.6 Å². The number of halogens is 2. The van der Waals surface area contributed by atoms with Crippen LogP contribution in [0.5, 0.6) is 11.5 Å². The lowest BCUT2D eigenvalue weighted by molar-refractivity contribution is 0.0743. The molecule has 0 fully saturated rings. The maximum Gasteiger partial charge on any atom is 0.186 e. The molecule has 0 aliphatic heterocycles. The molecule has 0 saturated carbocycles. The molecular formula is C9H10Cl2O4. The summed E-state index contributed by atoms with van der Waals surface area (Å²) in [6, 6.07) is 3.02. The van der Waals surface area contributed by atoms with E-state index in [0.29, 0.717) is 10.6 Å². The average Bonchev–Trinajstić information content (AvgIpc) is 2.22. The van der Waals surface area contributed by atoms with Gasteiger partial charge < -0.3 is 19.7 Å². The number of alkyl halides is 1. The molecule has 0 unspecified atom stereocenters. The van der Waals surface area contributed by atoms with Gasteiger partial charge in [-0.3, -0.25) is 0 Å². The minimum atomic E-state index is -0.502. The summed E-state index contributed by atoms with van der Waals surface area (Å²) in [6.45, 7) is -0.997. The number of aliphatic hydroxyl groups excluding tert-OH is 2. The summed E-state index contributed by atoms with van der Waals surface area (Å²) in [4.78, 5) is 0. The molecule has 1 rings (SSSR count). The Morgan fingerprint density at radius 2 is 1.60 bits per heavy atom. The first kappa shape index (κ1) is 12.4. The Hall–Kier alpha value is -0.680. The highest BCUT2D eigenvalue weighted by molar-refractivity contribution is 6.32. The third kappa shape index (κ3) is 3.14. The Balaban J connectivity index is 3.07. The van der Waals surface area contributed by atoms with E-state index in [9.17, 15) is 0 Å². The molecule has 0 atom stereocenters. The van der Waals surface area contributed by atoms with Gasteiger partial charge in [0.25, 0.3) is 0 Å². The van der Waals surface area contributed by atoms with Crippen LogP contribution in [0, 0.1) is 0 Å². The van der Waals surface area contributed by atoms with Crippen molar-refractivity contribution in [2.24, 2.45) is 0 Å². The molecule has 0 aromatic heterocycles. The normalized spacial score (nSPS) is 10.1. The zero-order chi connectivity index (χ0) is 11.3. The molecule has 0 spiro atoms. The summed E-state index contributed by atoms with van der Waals surface area (Å²) >= 11 is 11.5. The SMILES string of the molecule is OCOc1cc(Cl)c(CCl)cc1OCO. The first-order valence-electron chi connectivity index (χ1n) is 4.08. The second-order valence-electron chi connectivity index (χ2n) is 2.57. The monoisotopic (exact) mass is 252 g/mol. The van der Waals surface area contributed by atoms with Gasteiger partial charge in [0, 0.05) is 17.0 Å². The first-order valence-corrected chi connectivity index (χ1v) is 5.00. The minimum Gasteiger partial charge on any atom is -0.464 e. The van der Waals surface area contributed by atoms with E-state index < -0.39 is 13.6 Å². The van der Waals surface area contributed by atoms with Gasteiger partial charge in [-0.1, -0.05) is 11.6 Å². The molecule has 0 aliphatic rings. The van der Waals surface area contributed by atoms with Crippen molar-refractivity contribution in [1.82, 2.24) is 0 Å². The van der Waals surface area contributed by atoms with Crippen molar-refractivity contribution < 1.29 is 19.7 Å². The van der Waals surface area contributed by atoms with Gasteiger partial charge in [0.15, 0.2) is 25.1 Å². The third-order valence-electron chi connectivity index (χ3n) is 1.70. The van der Waals surface area contributed by atoms with E-state index >= 15 is 0 Å². The Labute approximate surface area is 96.9 Å². The fourth-order valence-corrected chi connectivity index (χ4v) is 1.55. The summed E-state index contributed by atoms with van der Waals surface area (Å²) in [5.41, 5.74) is 0.659. The van der Waals surface area contributed by atoms with Gasteiger partial charge in [-0.2, -0.15) is 0 Å². The second kappa shape index (κ2) is 6.02. The van der Waals surface area contributed by atoms with Crippen LogP contribution in [0.4, 0.5) is 0 Å². The van der Waals surface area contributed by atoms with Gasteiger partial charge >= 0.3 is 0 Å². The lowest BCUT2D eigenvalue weighted by Gasteiger charge is -2.12. The fourth-order valence-electron chi connectivity index (χ4n) is 1.04. The van der Waals surface area contributed by atoms with Crippen LogP contribution < -0.4 is 9.47 Å². The lowest BCUT2D eigenvalue weighted by atomic mass is 10.2. The highest BCUT2D eigenvalue weighted by atomic mass is 35.5. The van der Waals surface area contributed by atoms with E-state index in [1.54, 1.807) is 6.07 Å². The van der Waals surface area contributed by atoms with Gasteiger partial charge in [-0.25, -0.2) is 0 Å². The van der Waals surface area contributed by atoms with Crippen LogP contribution in [0.25, 0.3) is 0 Å². The van der Waals surface area contributed by atoms with Crippen LogP contribution in [0.2, 0.25) is 5.02 Å². The van der Waals surface area contributed by atoms with Crippen molar-refractivity contribution in [1.29, 1.82) is 0 Å². The van der Waals surface area contributed by atoms with Crippen molar-refractivity contribution in [3.05, 3.63) is 22.7 Å². The predicted octanol–water partition coefficient (Wildman–Crippen LogP) is 1.74. The zero-order valence-electron chi connectivity index (χ0n) is 7.74. The average molecular weight is 253 g/mol. The molecule has 0 saturated heterocycles. The number of aliphatic hydroxyl groups is 2. The summed E-state index contributed by atoms with van der Waals surface area (Å²) in [6.07, 6.45) is 0. The van der Waals surface area contributed by atoms with Crippen molar-refractivity contribution in [3.63, 3.8) is 0 Å². The van der Waals surface area contributed by atoms with Crippen LogP contribution in [0.3, 0.4) is 0 Å². The van der Waals surface area contributed by atoms with Crippen molar-refractivity contribution >= 4 is 23.2 Å². The van der Waals surface area contributed by atoms with Crippen LogP contribution >= 0.6 is 23.2 Å². The summed E-state index contributed by atoms with van der Waals surface area (Å²) in [7, 11) is 0. The van der Waals surface area contributed by atoms with E-state index in [0.717, 1.165) is 0 Å². The summed E-state index contributed by atoms with van der Waals surface area (Å²) in [5, 5.41) is 17.7. The third-order valence-corrected chi connectivity index (χ3v) is 2.34. The standard InChI is InChI=1S/C9H10Cl2O4/c10-3-6-1-8(14-4-12)9(15-5-13)2-7(6)11/h1-2,12-13H,3-5H2. The molecule has 0 aliphatic carbocycles. The molecule has 2 N–H and O–H groups in total. The molecule has 0 bridgehead atoms. The lowest BCUT2D eigenvalue weighted by Crippen LogP contribution is -2.02. The largest absolute Gasteiger partial charge is 0.464 e. The van der Waals surface area contributed by atoms with Gasteiger partial charge in [-0.15, -0.1) is 11.6 Å². The highest BCUT2D eigenvalue weighted by Crippen LogP contribution is 2.34. The first-order chi connectivity index (χ1) is 7.22. The van der Waals surface area contributed by atoms with E-state index in [-0.39, 0.29) is 17.4 Å². The number of benzene rings is 1. The van der Waals surface area contributed by atoms with E-state index in [4.69, 9.17) is 42.9 Å². The van der Waals surface area contributed by atoms with Crippen LogP contribution in [0.15, 0.2) is 12.1 Å². The van der Waals surface area contributed by atoms with E-state index in [2.05, 4.69) is 0 Å². The number of hydrogen-bond donors (Lipinski definition) is 2. The number of hydrogen-bond acceptors (Lipinski definition) is 4. The molecular weight excluding hydrogens is 243 g/mol. The Morgan fingerprint density at radius 1 is 1.07 bits per heavy atom. The minimum absolute atomic E-state index is 0.222. The second-order valence-corrected chi connectivity index (χ2v) is 3.25. The zero-order valence-corrected chi connectivity index (χ0v) is 9.25. The van der Waals surface area contributed by atoms with Crippen molar-refractivity contribution in [2.45, 2.75) is 5.88 Å². The maximum absolute atomic E-state index is 8.64. The van der Waals surface area contributed by atoms with Crippen LogP contribution in [-0.4, -0.2) is 23.8 Å². The molecule has 15 heavy (non-hydrogen) atoms. The molecule has 0 radical (unpaired) electrons. The fraction of sp³-hybridized carbons (Fsp3) is 0.333. The van der Waals surface area contributed by atoms with E-state index in [1.807, 2.05) is 0 Å². The predicted molar refractivity (Wildman–Crippen MR) is 56.4 cm³/mol. The van der Waals surface area contributed by atoms with Crippen molar-refractivity contribution in [2.75, 3.05) is 13.6 Å². The van der Waals surface area contributed by atoms with E-state index in [1.165, 1.54) is 6.07 Å². The molecule has 0 amide bonds. The maximum atomic E-state index is 8.64. The van der Waals surface area contributed by atoms with Crippen molar-refractivity contribution in [3.8, 4) is 11.5 Å². The molecule has 0 heterocycles. The number of rotatable bonds is 5.